The predicted octanol–water partition coefficient (Wildman–Crippen LogP) is 0.0883. The number of anilines is 1. The largest absolute Gasteiger partial charge is 0.366 e. The Kier molecular flexibility index (Phi) is 3.62. The van der Waals surface area contributed by atoms with Crippen LogP contribution in [0.2, 0.25) is 0 Å². The zero-order valence-corrected chi connectivity index (χ0v) is 10.5. The second-order valence-electron chi connectivity index (χ2n) is 3.85. The van der Waals surface area contributed by atoms with Crippen LogP contribution >= 0.6 is 0 Å². The van der Waals surface area contributed by atoms with Crippen molar-refractivity contribution in [3.8, 4) is 0 Å². The average Bonchev–Trinajstić information content (AvgIpc) is 2.75. The molecule has 0 amide bonds. The van der Waals surface area contributed by atoms with Gasteiger partial charge >= 0.3 is 0 Å². The molecule has 2 aromatic heterocycles. The molecule has 17 heavy (non-hydrogen) atoms. The molecule has 1 N–H and O–H groups in total. The second kappa shape index (κ2) is 5.17. The number of nitrogens with one attached hydrogen (secondary N) is 1. The van der Waals surface area contributed by atoms with Gasteiger partial charge in [-0.3, -0.25) is 9.19 Å². The van der Waals surface area contributed by atoms with Crippen molar-refractivity contribution in [3.05, 3.63) is 12.4 Å². The van der Waals surface area contributed by atoms with Crippen LogP contribution < -0.4 is 5.32 Å². The van der Waals surface area contributed by atoms with Gasteiger partial charge < -0.3 is 5.32 Å². The minimum Gasteiger partial charge on any atom is -0.366 e. The predicted molar refractivity (Wildman–Crippen MR) is 65.2 cm³/mol. The van der Waals surface area contributed by atoms with Crippen molar-refractivity contribution in [1.29, 1.82) is 0 Å². The van der Waals surface area contributed by atoms with E-state index in [0.29, 0.717) is 11.4 Å². The van der Waals surface area contributed by atoms with E-state index in [0.717, 1.165) is 12.2 Å². The maximum absolute atomic E-state index is 11.0. The van der Waals surface area contributed by atoms with E-state index in [9.17, 15) is 4.21 Å². The first-order valence-electron chi connectivity index (χ1n) is 5.25. The monoisotopic (exact) mass is 254 g/mol. The molecule has 0 radical (unpaired) electrons. The van der Waals surface area contributed by atoms with E-state index in [4.69, 9.17) is 0 Å². The lowest BCUT2D eigenvalue weighted by Crippen LogP contribution is -2.20. The highest BCUT2D eigenvalue weighted by atomic mass is 32.2. The summed E-state index contributed by atoms with van der Waals surface area (Å²) in [5.41, 5.74) is 0.598. The third-order valence-electron chi connectivity index (χ3n) is 2.34. The first-order valence-corrected chi connectivity index (χ1v) is 6.98. The Morgan fingerprint density at radius 1 is 1.53 bits per heavy atom. The van der Waals surface area contributed by atoms with Crippen molar-refractivity contribution in [2.24, 2.45) is 0 Å². The molecule has 0 aromatic carbocycles. The molecule has 8 heteroatoms. The molecule has 2 rings (SSSR count). The summed E-state index contributed by atoms with van der Waals surface area (Å²) >= 11 is 0. The van der Waals surface area contributed by atoms with E-state index in [1.165, 1.54) is 0 Å². The molecule has 0 saturated heterocycles. The van der Waals surface area contributed by atoms with Gasteiger partial charge in [-0.2, -0.15) is 4.52 Å². The Hall–Kier alpha value is -1.57. The Balaban J connectivity index is 2.07. The lowest BCUT2D eigenvalue weighted by molar-refractivity contribution is 0.677. The summed E-state index contributed by atoms with van der Waals surface area (Å²) in [4.78, 5) is 4.05. The summed E-state index contributed by atoms with van der Waals surface area (Å²) in [7, 11) is -0.766. The zero-order valence-electron chi connectivity index (χ0n) is 9.70. The molecular formula is C9H14N6OS. The van der Waals surface area contributed by atoms with E-state index >= 15 is 0 Å². The number of fused-ring (bicyclic) bond motifs is 1. The molecule has 0 spiro atoms. The summed E-state index contributed by atoms with van der Waals surface area (Å²) in [5, 5.41) is 14.5. The number of hydrogen-bond donors (Lipinski definition) is 1. The third kappa shape index (κ3) is 2.96. The van der Waals surface area contributed by atoms with Crippen molar-refractivity contribution in [1.82, 2.24) is 25.0 Å². The zero-order chi connectivity index (χ0) is 12.3. The van der Waals surface area contributed by atoms with E-state index in [1.807, 2.05) is 6.92 Å². The maximum atomic E-state index is 11.0. The van der Waals surface area contributed by atoms with Crippen molar-refractivity contribution >= 4 is 22.3 Å². The molecule has 0 aliphatic rings. The fourth-order valence-corrected chi connectivity index (χ4v) is 2.13. The van der Waals surface area contributed by atoms with Crippen molar-refractivity contribution < 1.29 is 4.21 Å². The van der Waals surface area contributed by atoms with Crippen molar-refractivity contribution in [3.63, 3.8) is 0 Å². The molecule has 2 unspecified atom stereocenters. The van der Waals surface area contributed by atoms with Gasteiger partial charge in [-0.15, -0.1) is 5.10 Å². The molecule has 0 saturated carbocycles. The molecule has 0 aliphatic heterocycles. The number of nitrogens with zero attached hydrogens (tertiary/aromatic N) is 5. The molecule has 2 aromatic rings. The minimum atomic E-state index is -0.766. The molecule has 7 nitrogen and oxygen atoms in total. The average molecular weight is 254 g/mol. The molecule has 2 atom stereocenters. The van der Waals surface area contributed by atoms with Crippen molar-refractivity contribution in [2.45, 2.75) is 19.4 Å². The highest BCUT2D eigenvalue weighted by molar-refractivity contribution is 7.84. The van der Waals surface area contributed by atoms with Crippen LogP contribution in [0, 0.1) is 0 Å². The molecule has 2 heterocycles. The van der Waals surface area contributed by atoms with Gasteiger partial charge in [0.2, 0.25) is 0 Å². The van der Waals surface area contributed by atoms with E-state index in [-0.39, 0.29) is 6.04 Å². The van der Waals surface area contributed by atoms with E-state index < -0.39 is 10.8 Å². The molecule has 0 aliphatic carbocycles. The van der Waals surface area contributed by atoms with Crippen LogP contribution in [-0.4, -0.2) is 47.3 Å². The molecule has 0 bridgehead atoms. The lowest BCUT2D eigenvalue weighted by Gasteiger charge is -2.14. The van der Waals surface area contributed by atoms with Gasteiger partial charge in [0.05, 0.1) is 12.4 Å². The SMILES string of the molecule is CC(CCS(C)=O)Nc1cncc2nnnn12. The maximum Gasteiger partial charge on any atom is 0.199 e. The minimum absolute atomic E-state index is 0.190. The first kappa shape index (κ1) is 11.9. The van der Waals surface area contributed by atoms with Gasteiger partial charge in [0, 0.05) is 28.9 Å². The Labute approximate surface area is 101 Å². The smallest absolute Gasteiger partial charge is 0.199 e. The van der Waals surface area contributed by atoms with Gasteiger partial charge in [0.25, 0.3) is 0 Å². The van der Waals surface area contributed by atoms with Crippen LogP contribution in [0.3, 0.4) is 0 Å². The van der Waals surface area contributed by atoms with Crippen LogP contribution in [0.1, 0.15) is 13.3 Å². The Morgan fingerprint density at radius 2 is 2.35 bits per heavy atom. The lowest BCUT2D eigenvalue weighted by atomic mass is 10.2. The van der Waals surface area contributed by atoms with Gasteiger partial charge in [0.15, 0.2) is 11.5 Å². The highest BCUT2D eigenvalue weighted by Crippen LogP contribution is 2.08. The van der Waals surface area contributed by atoms with Crippen LogP contribution in [0.4, 0.5) is 5.82 Å². The Morgan fingerprint density at radius 3 is 3.12 bits per heavy atom. The summed E-state index contributed by atoms with van der Waals surface area (Å²) in [6.45, 7) is 2.02. The normalized spacial score (nSPS) is 14.7. The van der Waals surface area contributed by atoms with Crippen LogP contribution in [0.5, 0.6) is 0 Å². The van der Waals surface area contributed by atoms with Gasteiger partial charge in [-0.1, -0.05) is 0 Å². The number of rotatable bonds is 5. The van der Waals surface area contributed by atoms with Gasteiger partial charge in [-0.05, 0) is 23.8 Å². The van der Waals surface area contributed by atoms with Gasteiger partial charge in [-0.25, -0.2) is 0 Å². The van der Waals surface area contributed by atoms with Crippen LogP contribution in [-0.2, 0) is 10.8 Å². The summed E-state index contributed by atoms with van der Waals surface area (Å²) in [6, 6.07) is 0.190. The van der Waals surface area contributed by atoms with Crippen LogP contribution in [0.25, 0.3) is 5.65 Å². The van der Waals surface area contributed by atoms with E-state index in [1.54, 1.807) is 23.2 Å². The highest BCUT2D eigenvalue weighted by Gasteiger charge is 2.08. The standard InChI is InChI=1S/C9H14N6OS/c1-7(3-4-17(2)16)11-8-5-10-6-9-12-13-14-15(8)9/h5-7,11H,3-4H2,1-2H3. The fraction of sp³-hybridized carbons (Fsp3) is 0.556. The fourth-order valence-electron chi connectivity index (χ4n) is 1.44. The number of aromatic nitrogens is 5. The number of hydrogen-bond acceptors (Lipinski definition) is 6. The quantitative estimate of drug-likeness (QED) is 0.814. The summed E-state index contributed by atoms with van der Waals surface area (Å²) in [5.74, 6) is 1.41. The third-order valence-corrected chi connectivity index (χ3v) is 3.15. The molecular weight excluding hydrogens is 240 g/mol. The summed E-state index contributed by atoms with van der Waals surface area (Å²) in [6.07, 6.45) is 5.79. The first-order chi connectivity index (χ1) is 8.16. The van der Waals surface area contributed by atoms with E-state index in [2.05, 4.69) is 25.8 Å². The number of tetrazole rings is 1. The van der Waals surface area contributed by atoms with Crippen molar-refractivity contribution in [2.75, 3.05) is 17.3 Å². The molecule has 0 fully saturated rings. The van der Waals surface area contributed by atoms with Crippen LogP contribution in [0.15, 0.2) is 12.4 Å². The second-order valence-corrected chi connectivity index (χ2v) is 5.41. The van der Waals surface area contributed by atoms with Gasteiger partial charge in [0.1, 0.15) is 0 Å². The topological polar surface area (TPSA) is 85.1 Å². The summed E-state index contributed by atoms with van der Waals surface area (Å²) < 4.78 is 12.6. The Bertz CT molecular complexity index is 527. The molecule has 92 valence electrons.